The maximum Gasteiger partial charge on any atom is 0.248 e. The van der Waals surface area contributed by atoms with E-state index in [2.05, 4.69) is 5.32 Å². The maximum atomic E-state index is 13.6. The number of benzene rings is 2. The predicted octanol–water partition coefficient (Wildman–Crippen LogP) is 3.33. The van der Waals surface area contributed by atoms with Gasteiger partial charge in [0.15, 0.2) is 0 Å². The molecule has 0 atom stereocenters. The van der Waals surface area contributed by atoms with Crippen molar-refractivity contribution in [2.75, 3.05) is 5.32 Å². The molecule has 0 fully saturated rings. The van der Waals surface area contributed by atoms with Crippen molar-refractivity contribution in [1.82, 2.24) is 0 Å². The van der Waals surface area contributed by atoms with Crippen molar-refractivity contribution in [3.63, 3.8) is 0 Å². The van der Waals surface area contributed by atoms with E-state index in [1.807, 2.05) is 0 Å². The Kier molecular flexibility index (Phi) is 4.20. The summed E-state index contributed by atoms with van der Waals surface area (Å²) in [4.78, 5) is 11.0. The van der Waals surface area contributed by atoms with Gasteiger partial charge < -0.3 is 11.1 Å². The average molecular weight is 297 g/mol. The number of anilines is 1. The number of primary amides is 1. The predicted molar refractivity (Wildman–Crippen MR) is 73.7 cm³/mol. The minimum atomic E-state index is -0.635. The SMILES string of the molecule is NC(=O)c1ccc(F)c(CNc2ccc(Cl)c(F)c2)c1. The number of amides is 1. The number of hydrogen-bond acceptors (Lipinski definition) is 2. The number of carbonyl (C=O) groups excluding carboxylic acids is 1. The number of nitrogens with two attached hydrogens (primary N) is 1. The summed E-state index contributed by atoms with van der Waals surface area (Å²) in [5, 5.41) is 2.86. The first-order valence-corrected chi connectivity index (χ1v) is 6.12. The number of nitrogens with one attached hydrogen (secondary N) is 1. The first-order chi connectivity index (χ1) is 9.47. The molecule has 0 bridgehead atoms. The lowest BCUT2D eigenvalue weighted by molar-refractivity contribution is 0.1000. The molecule has 20 heavy (non-hydrogen) atoms. The van der Waals surface area contributed by atoms with Crippen LogP contribution >= 0.6 is 11.6 Å². The van der Waals surface area contributed by atoms with Gasteiger partial charge in [0.05, 0.1) is 5.02 Å². The lowest BCUT2D eigenvalue weighted by Gasteiger charge is -2.09. The zero-order valence-electron chi connectivity index (χ0n) is 10.3. The topological polar surface area (TPSA) is 55.1 Å². The molecular weight excluding hydrogens is 286 g/mol. The van der Waals surface area contributed by atoms with Crippen LogP contribution in [0.3, 0.4) is 0 Å². The highest BCUT2D eigenvalue weighted by Gasteiger charge is 2.07. The Balaban J connectivity index is 2.15. The molecule has 0 radical (unpaired) electrons. The molecule has 0 aliphatic carbocycles. The van der Waals surface area contributed by atoms with Crippen molar-refractivity contribution < 1.29 is 13.6 Å². The Morgan fingerprint density at radius 3 is 2.55 bits per heavy atom. The molecule has 0 unspecified atom stereocenters. The monoisotopic (exact) mass is 296 g/mol. The van der Waals surface area contributed by atoms with Gasteiger partial charge >= 0.3 is 0 Å². The third-order valence-corrected chi connectivity index (χ3v) is 3.04. The number of halogens is 3. The quantitative estimate of drug-likeness (QED) is 0.909. The Bertz CT molecular complexity index is 662. The van der Waals surface area contributed by atoms with Crippen molar-refractivity contribution in [3.05, 3.63) is 64.2 Å². The molecule has 0 aliphatic rings. The summed E-state index contributed by atoms with van der Waals surface area (Å²) in [5.74, 6) is -1.68. The summed E-state index contributed by atoms with van der Waals surface area (Å²) in [6, 6.07) is 8.01. The first-order valence-electron chi connectivity index (χ1n) is 5.74. The van der Waals surface area contributed by atoms with E-state index in [1.54, 1.807) is 6.07 Å². The molecule has 1 amide bonds. The van der Waals surface area contributed by atoms with Crippen LogP contribution in [0.15, 0.2) is 36.4 Å². The third kappa shape index (κ3) is 3.24. The molecule has 3 N–H and O–H groups in total. The van der Waals surface area contributed by atoms with Crippen molar-refractivity contribution in [2.45, 2.75) is 6.54 Å². The van der Waals surface area contributed by atoms with Gasteiger partial charge in [0, 0.05) is 23.4 Å². The second-order valence-corrected chi connectivity index (χ2v) is 4.56. The fraction of sp³-hybridized carbons (Fsp3) is 0.0714. The zero-order valence-corrected chi connectivity index (χ0v) is 11.0. The Morgan fingerprint density at radius 1 is 1.15 bits per heavy atom. The van der Waals surface area contributed by atoms with Crippen LogP contribution < -0.4 is 11.1 Å². The molecule has 0 aromatic heterocycles. The lowest BCUT2D eigenvalue weighted by atomic mass is 10.1. The van der Waals surface area contributed by atoms with Crippen LogP contribution in [0.5, 0.6) is 0 Å². The van der Waals surface area contributed by atoms with Gasteiger partial charge in [-0.25, -0.2) is 8.78 Å². The van der Waals surface area contributed by atoms with Crippen LogP contribution in [-0.4, -0.2) is 5.91 Å². The van der Waals surface area contributed by atoms with Crippen molar-refractivity contribution >= 4 is 23.2 Å². The summed E-state index contributed by atoms with van der Waals surface area (Å²) in [6.45, 7) is 0.0913. The molecule has 2 rings (SSSR count). The highest BCUT2D eigenvalue weighted by atomic mass is 35.5. The Hall–Kier alpha value is -2.14. The normalized spacial score (nSPS) is 10.3. The molecule has 0 saturated heterocycles. The summed E-state index contributed by atoms with van der Waals surface area (Å²) in [6.07, 6.45) is 0. The van der Waals surface area contributed by atoms with Crippen LogP contribution in [-0.2, 0) is 6.54 Å². The molecule has 0 spiro atoms. The highest BCUT2D eigenvalue weighted by molar-refractivity contribution is 6.30. The van der Waals surface area contributed by atoms with Crippen LogP contribution in [0.4, 0.5) is 14.5 Å². The standard InChI is InChI=1S/C14H11ClF2N2O/c15-11-3-2-10(6-13(11)17)19-7-9-5-8(14(18)20)1-4-12(9)16/h1-6,19H,7H2,(H2,18,20). The lowest BCUT2D eigenvalue weighted by Crippen LogP contribution is -2.12. The van der Waals surface area contributed by atoms with Gasteiger partial charge in [-0.05, 0) is 36.4 Å². The van der Waals surface area contributed by atoms with Gasteiger partial charge in [0.25, 0.3) is 0 Å². The van der Waals surface area contributed by atoms with Gasteiger partial charge in [-0.2, -0.15) is 0 Å². The second kappa shape index (κ2) is 5.88. The smallest absolute Gasteiger partial charge is 0.248 e. The van der Waals surface area contributed by atoms with E-state index in [4.69, 9.17) is 17.3 Å². The molecule has 6 heteroatoms. The third-order valence-electron chi connectivity index (χ3n) is 2.73. The minimum absolute atomic E-state index is 0.0115. The van der Waals surface area contributed by atoms with Gasteiger partial charge in [-0.15, -0.1) is 0 Å². The van der Waals surface area contributed by atoms with Crippen molar-refractivity contribution in [1.29, 1.82) is 0 Å². The van der Waals surface area contributed by atoms with E-state index < -0.39 is 17.5 Å². The van der Waals surface area contributed by atoms with E-state index in [9.17, 15) is 13.6 Å². The first kappa shape index (κ1) is 14.3. The van der Waals surface area contributed by atoms with Gasteiger partial charge in [0.2, 0.25) is 5.91 Å². The van der Waals surface area contributed by atoms with Crippen LogP contribution in [0.2, 0.25) is 5.02 Å². The fourth-order valence-corrected chi connectivity index (χ4v) is 1.78. The van der Waals surface area contributed by atoms with Crippen LogP contribution in [0, 0.1) is 11.6 Å². The Labute approximate surface area is 119 Å². The molecular formula is C14H11ClF2N2O. The van der Waals surface area contributed by atoms with Crippen molar-refractivity contribution in [2.24, 2.45) is 5.73 Å². The summed E-state index contributed by atoms with van der Waals surface area (Å²) in [5.41, 5.74) is 6.06. The van der Waals surface area contributed by atoms with Gasteiger partial charge in [0.1, 0.15) is 11.6 Å². The largest absolute Gasteiger partial charge is 0.381 e. The summed E-state index contributed by atoms with van der Waals surface area (Å²) in [7, 11) is 0. The number of carbonyl (C=O) groups is 1. The van der Waals surface area contributed by atoms with Crippen LogP contribution in [0.25, 0.3) is 0 Å². The summed E-state index contributed by atoms with van der Waals surface area (Å²) < 4.78 is 26.8. The van der Waals surface area contributed by atoms with Crippen LogP contribution in [0.1, 0.15) is 15.9 Å². The van der Waals surface area contributed by atoms with E-state index in [0.29, 0.717) is 5.69 Å². The number of hydrogen-bond donors (Lipinski definition) is 2. The van der Waals surface area contributed by atoms with Gasteiger partial charge in [-0.3, -0.25) is 4.79 Å². The number of rotatable bonds is 4. The minimum Gasteiger partial charge on any atom is -0.381 e. The second-order valence-electron chi connectivity index (χ2n) is 4.15. The molecule has 2 aromatic rings. The molecule has 2 aromatic carbocycles. The molecule has 0 saturated carbocycles. The average Bonchev–Trinajstić information content (AvgIpc) is 2.41. The molecule has 3 nitrogen and oxygen atoms in total. The molecule has 104 valence electrons. The summed E-state index contributed by atoms with van der Waals surface area (Å²) >= 11 is 5.56. The highest BCUT2D eigenvalue weighted by Crippen LogP contribution is 2.20. The Morgan fingerprint density at radius 2 is 1.90 bits per heavy atom. The van der Waals surface area contributed by atoms with Gasteiger partial charge in [-0.1, -0.05) is 11.6 Å². The maximum absolute atomic E-state index is 13.6. The van der Waals surface area contributed by atoms with E-state index in [-0.39, 0.29) is 22.7 Å². The molecule has 0 heterocycles. The van der Waals surface area contributed by atoms with E-state index >= 15 is 0 Å². The molecule has 0 aliphatic heterocycles. The van der Waals surface area contributed by atoms with E-state index in [1.165, 1.54) is 30.3 Å². The zero-order chi connectivity index (χ0) is 14.7. The van der Waals surface area contributed by atoms with Crippen molar-refractivity contribution in [3.8, 4) is 0 Å². The van der Waals surface area contributed by atoms with E-state index in [0.717, 1.165) is 0 Å². The fourth-order valence-electron chi connectivity index (χ4n) is 1.67.